The predicted octanol–water partition coefficient (Wildman–Crippen LogP) is 13.2. The maximum Gasteiger partial charge on any atom is 0.220 e. The summed E-state index contributed by atoms with van der Waals surface area (Å²) < 4.78 is 11.2. The molecule has 0 aromatic heterocycles. The van der Waals surface area contributed by atoms with E-state index in [0.717, 1.165) is 38.5 Å². The molecule has 9 heteroatoms. The predicted molar refractivity (Wildman–Crippen MR) is 267 cm³/mol. The van der Waals surface area contributed by atoms with E-state index in [1.165, 1.54) is 218 Å². The molecule has 7 atom stereocenters. The Morgan fingerprint density at radius 3 is 1.22 bits per heavy atom. The largest absolute Gasteiger partial charge is 0.394 e. The molecule has 1 fully saturated rings. The molecule has 1 heterocycles. The fraction of sp³-hybridized carbons (Fsp3) is 0.945. The van der Waals surface area contributed by atoms with Gasteiger partial charge in [-0.25, -0.2) is 0 Å². The second kappa shape index (κ2) is 45.7. The number of hydrogen-bond donors (Lipinski definition) is 6. The van der Waals surface area contributed by atoms with E-state index in [4.69, 9.17) is 9.47 Å². The highest BCUT2D eigenvalue weighted by Gasteiger charge is 2.44. The molecule has 0 radical (unpaired) electrons. The summed E-state index contributed by atoms with van der Waals surface area (Å²) in [7, 11) is 0. The van der Waals surface area contributed by atoms with E-state index < -0.39 is 49.5 Å². The van der Waals surface area contributed by atoms with Gasteiger partial charge in [0.15, 0.2) is 6.29 Å². The van der Waals surface area contributed by atoms with Crippen molar-refractivity contribution in [3.63, 3.8) is 0 Å². The van der Waals surface area contributed by atoms with Gasteiger partial charge in [0.25, 0.3) is 0 Å². The van der Waals surface area contributed by atoms with Crippen LogP contribution in [-0.2, 0) is 14.3 Å². The first-order valence-corrected chi connectivity index (χ1v) is 27.9. The van der Waals surface area contributed by atoms with Gasteiger partial charge in [0.2, 0.25) is 5.91 Å². The molecule has 6 N–H and O–H groups in total. The second-order valence-electron chi connectivity index (χ2n) is 19.7. The van der Waals surface area contributed by atoms with Crippen LogP contribution in [0.3, 0.4) is 0 Å². The lowest BCUT2D eigenvalue weighted by molar-refractivity contribution is -0.302. The van der Waals surface area contributed by atoms with E-state index in [-0.39, 0.29) is 12.5 Å². The van der Waals surface area contributed by atoms with E-state index in [1.807, 2.05) is 6.08 Å². The number of amides is 1. The standard InChI is InChI=1S/C55H107NO8/c1-3-5-7-9-11-13-15-17-18-19-20-21-22-23-24-25-26-27-28-29-30-31-33-35-37-39-41-43-45-51(59)56-48(47-63-55-54(62)53(61)52(60)50(46-57)64-55)49(58)44-42-40-38-36-34-32-16-14-12-10-8-6-4-2/h42,44,48-50,52-55,57-58,60-62H,3-41,43,45-47H2,1-2H3,(H,56,59)/b44-42+/t48-,49+,50+,52-,53?,54?,55+/m0/s1. The van der Waals surface area contributed by atoms with Crippen LogP contribution in [0.25, 0.3) is 0 Å². The summed E-state index contributed by atoms with van der Waals surface area (Å²) in [6.07, 6.45) is 48.6. The van der Waals surface area contributed by atoms with Crippen LogP contribution in [0.4, 0.5) is 0 Å². The lowest BCUT2D eigenvalue weighted by Gasteiger charge is -2.40. The summed E-state index contributed by atoms with van der Waals surface area (Å²) >= 11 is 0. The van der Waals surface area contributed by atoms with Crippen molar-refractivity contribution < 1.29 is 39.8 Å². The number of hydrogen-bond acceptors (Lipinski definition) is 8. The van der Waals surface area contributed by atoms with Crippen molar-refractivity contribution in [2.45, 2.75) is 320 Å². The smallest absolute Gasteiger partial charge is 0.220 e. The Morgan fingerprint density at radius 2 is 0.859 bits per heavy atom. The minimum atomic E-state index is -1.56. The molecule has 0 spiro atoms. The average Bonchev–Trinajstić information content (AvgIpc) is 3.29. The highest BCUT2D eigenvalue weighted by Crippen LogP contribution is 2.23. The van der Waals surface area contributed by atoms with Crippen molar-refractivity contribution >= 4 is 5.91 Å². The number of nitrogens with one attached hydrogen (secondary N) is 1. The Balaban J connectivity index is 2.15. The van der Waals surface area contributed by atoms with Gasteiger partial charge in [0, 0.05) is 6.42 Å². The monoisotopic (exact) mass is 910 g/mol. The number of aliphatic hydroxyl groups is 5. The van der Waals surface area contributed by atoms with Crippen LogP contribution in [0.1, 0.15) is 277 Å². The maximum atomic E-state index is 13.0. The first-order chi connectivity index (χ1) is 31.3. The van der Waals surface area contributed by atoms with Gasteiger partial charge in [-0.3, -0.25) is 4.79 Å². The summed E-state index contributed by atoms with van der Waals surface area (Å²) in [5.74, 6) is -0.171. The summed E-state index contributed by atoms with van der Waals surface area (Å²) in [5.41, 5.74) is 0. The van der Waals surface area contributed by atoms with Crippen molar-refractivity contribution in [2.24, 2.45) is 0 Å². The Morgan fingerprint density at radius 1 is 0.516 bits per heavy atom. The summed E-state index contributed by atoms with van der Waals surface area (Å²) in [4.78, 5) is 13.0. The first kappa shape index (κ1) is 60.9. The van der Waals surface area contributed by atoms with Crippen LogP contribution in [0.2, 0.25) is 0 Å². The SMILES string of the molecule is CCCCCCCCCCCCC/C=C/[C@@H](O)[C@H](CO[C@@H]1O[C@H](CO)[C@H](O)C(O)C1O)NC(=O)CCCCCCCCCCCCCCCCCCCCCCCCCCCCCC. The van der Waals surface area contributed by atoms with Gasteiger partial charge in [-0.2, -0.15) is 0 Å². The van der Waals surface area contributed by atoms with Crippen molar-refractivity contribution in [1.82, 2.24) is 5.32 Å². The molecular weight excluding hydrogens is 803 g/mol. The van der Waals surface area contributed by atoms with Crippen LogP contribution in [-0.4, -0.2) is 87.5 Å². The van der Waals surface area contributed by atoms with Gasteiger partial charge in [0.1, 0.15) is 24.4 Å². The molecule has 1 aliphatic heterocycles. The van der Waals surface area contributed by atoms with Crippen molar-refractivity contribution in [3.05, 3.63) is 12.2 Å². The zero-order chi connectivity index (χ0) is 46.6. The van der Waals surface area contributed by atoms with Crippen LogP contribution in [0, 0.1) is 0 Å². The number of allylic oxidation sites excluding steroid dienone is 1. The van der Waals surface area contributed by atoms with Gasteiger partial charge in [-0.15, -0.1) is 0 Å². The minimum absolute atomic E-state index is 0.171. The Bertz CT molecular complexity index is 1010. The van der Waals surface area contributed by atoms with E-state index in [0.29, 0.717) is 6.42 Å². The van der Waals surface area contributed by atoms with E-state index >= 15 is 0 Å². The lowest BCUT2D eigenvalue weighted by Crippen LogP contribution is -2.60. The molecule has 64 heavy (non-hydrogen) atoms. The van der Waals surface area contributed by atoms with Gasteiger partial charge in [-0.05, 0) is 19.3 Å². The zero-order valence-electron chi connectivity index (χ0n) is 42.1. The molecule has 2 unspecified atom stereocenters. The molecule has 1 amide bonds. The van der Waals surface area contributed by atoms with Crippen LogP contribution in [0.15, 0.2) is 12.2 Å². The number of aliphatic hydroxyl groups excluding tert-OH is 5. The Hall–Kier alpha value is -1.07. The molecular formula is C55H107NO8. The maximum absolute atomic E-state index is 13.0. The van der Waals surface area contributed by atoms with Crippen molar-refractivity contribution in [2.75, 3.05) is 13.2 Å². The Labute approximate surface area is 395 Å². The highest BCUT2D eigenvalue weighted by atomic mass is 16.7. The molecule has 0 saturated carbocycles. The number of carbonyl (C=O) groups excluding carboxylic acids is 1. The van der Waals surface area contributed by atoms with E-state index in [1.54, 1.807) is 6.08 Å². The van der Waals surface area contributed by atoms with Crippen LogP contribution in [0.5, 0.6) is 0 Å². The zero-order valence-corrected chi connectivity index (χ0v) is 42.1. The van der Waals surface area contributed by atoms with Gasteiger partial charge >= 0.3 is 0 Å². The molecule has 1 saturated heterocycles. The lowest BCUT2D eigenvalue weighted by atomic mass is 9.99. The summed E-state index contributed by atoms with van der Waals surface area (Å²) in [6, 6.07) is -0.799. The molecule has 9 nitrogen and oxygen atoms in total. The number of rotatable bonds is 48. The number of carbonyl (C=O) groups is 1. The third-order valence-electron chi connectivity index (χ3n) is 13.6. The van der Waals surface area contributed by atoms with Gasteiger partial charge in [-0.1, -0.05) is 264 Å². The van der Waals surface area contributed by atoms with Crippen LogP contribution >= 0.6 is 0 Å². The molecule has 0 aliphatic carbocycles. The van der Waals surface area contributed by atoms with Crippen molar-refractivity contribution in [3.8, 4) is 0 Å². The highest BCUT2D eigenvalue weighted by molar-refractivity contribution is 5.76. The third kappa shape index (κ3) is 35.1. The topological polar surface area (TPSA) is 149 Å². The first-order valence-electron chi connectivity index (χ1n) is 27.9. The van der Waals surface area contributed by atoms with E-state index in [2.05, 4.69) is 19.2 Å². The van der Waals surface area contributed by atoms with E-state index in [9.17, 15) is 30.3 Å². The third-order valence-corrected chi connectivity index (χ3v) is 13.6. The quantitative estimate of drug-likeness (QED) is 0.0261. The molecule has 0 bridgehead atoms. The van der Waals surface area contributed by atoms with Gasteiger partial charge in [0.05, 0.1) is 25.4 Å². The normalized spacial score (nSPS) is 20.0. The fourth-order valence-corrected chi connectivity index (χ4v) is 9.16. The second-order valence-corrected chi connectivity index (χ2v) is 19.7. The average molecular weight is 910 g/mol. The van der Waals surface area contributed by atoms with Crippen LogP contribution < -0.4 is 5.32 Å². The fourth-order valence-electron chi connectivity index (χ4n) is 9.16. The number of ether oxygens (including phenoxy) is 2. The summed E-state index contributed by atoms with van der Waals surface area (Å²) in [5, 5.41) is 54.3. The molecule has 380 valence electrons. The Kier molecular flexibility index (Phi) is 43.5. The summed E-state index contributed by atoms with van der Waals surface area (Å²) in [6.45, 7) is 3.80. The molecule has 1 aliphatic rings. The molecule has 1 rings (SSSR count). The minimum Gasteiger partial charge on any atom is -0.394 e. The van der Waals surface area contributed by atoms with Crippen molar-refractivity contribution in [1.29, 1.82) is 0 Å². The molecule has 0 aromatic rings. The number of unbranched alkanes of at least 4 members (excludes halogenated alkanes) is 38. The van der Waals surface area contributed by atoms with Gasteiger partial charge < -0.3 is 40.3 Å². The molecule has 0 aromatic carbocycles.